The van der Waals surface area contributed by atoms with Gasteiger partial charge in [-0.25, -0.2) is 9.97 Å². The van der Waals surface area contributed by atoms with Gasteiger partial charge in [-0.1, -0.05) is 23.0 Å². The predicted molar refractivity (Wildman–Crippen MR) is 73.4 cm³/mol. The standard InChI is InChI=1S/C13H11N3O2S/c1-17-10-5-3-4-8-11(16-18-12(8)10)9-6-7-14-13(15-9)19-2/h3-7H,1-2H3. The minimum Gasteiger partial charge on any atom is -0.493 e. The number of hydrogen-bond acceptors (Lipinski definition) is 6. The Morgan fingerprint density at radius 3 is 2.95 bits per heavy atom. The van der Waals surface area contributed by atoms with Crippen LogP contribution >= 0.6 is 11.8 Å². The molecule has 0 atom stereocenters. The van der Waals surface area contributed by atoms with Crippen molar-refractivity contribution >= 4 is 22.7 Å². The first-order valence-electron chi connectivity index (χ1n) is 5.63. The molecule has 5 nitrogen and oxygen atoms in total. The molecule has 19 heavy (non-hydrogen) atoms. The minimum absolute atomic E-state index is 0.629. The van der Waals surface area contributed by atoms with Gasteiger partial charge in [-0.05, 0) is 24.5 Å². The third-order valence-corrected chi connectivity index (χ3v) is 3.30. The Labute approximate surface area is 114 Å². The van der Waals surface area contributed by atoms with Crippen LogP contribution in [0.2, 0.25) is 0 Å². The van der Waals surface area contributed by atoms with Crippen molar-refractivity contribution in [1.29, 1.82) is 0 Å². The fraction of sp³-hybridized carbons (Fsp3) is 0.154. The van der Waals surface area contributed by atoms with E-state index in [2.05, 4.69) is 15.1 Å². The zero-order valence-corrected chi connectivity index (χ0v) is 11.3. The van der Waals surface area contributed by atoms with Gasteiger partial charge in [0.05, 0.1) is 18.2 Å². The average molecular weight is 273 g/mol. The van der Waals surface area contributed by atoms with Crippen LogP contribution in [0.25, 0.3) is 22.4 Å². The van der Waals surface area contributed by atoms with Crippen molar-refractivity contribution in [1.82, 2.24) is 15.1 Å². The van der Waals surface area contributed by atoms with Gasteiger partial charge in [-0.3, -0.25) is 0 Å². The highest BCUT2D eigenvalue weighted by molar-refractivity contribution is 7.98. The number of methoxy groups -OCH3 is 1. The predicted octanol–water partition coefficient (Wildman–Crippen LogP) is 3.02. The van der Waals surface area contributed by atoms with Gasteiger partial charge in [0.25, 0.3) is 0 Å². The Morgan fingerprint density at radius 2 is 2.16 bits per heavy atom. The van der Waals surface area contributed by atoms with Gasteiger partial charge in [0.15, 0.2) is 10.9 Å². The lowest BCUT2D eigenvalue weighted by atomic mass is 10.1. The van der Waals surface area contributed by atoms with Crippen molar-refractivity contribution in [3.8, 4) is 17.1 Å². The number of para-hydroxylation sites is 1. The first-order valence-corrected chi connectivity index (χ1v) is 6.85. The summed E-state index contributed by atoms with van der Waals surface area (Å²) in [5, 5.41) is 5.68. The molecule has 2 aromatic heterocycles. The van der Waals surface area contributed by atoms with E-state index in [0.29, 0.717) is 22.2 Å². The van der Waals surface area contributed by atoms with Crippen LogP contribution in [0.1, 0.15) is 0 Å². The molecule has 0 unspecified atom stereocenters. The van der Waals surface area contributed by atoms with Gasteiger partial charge in [0, 0.05) is 6.20 Å². The van der Waals surface area contributed by atoms with Crippen molar-refractivity contribution in [2.45, 2.75) is 5.16 Å². The minimum atomic E-state index is 0.629. The molecular weight excluding hydrogens is 262 g/mol. The molecule has 0 saturated carbocycles. The van der Waals surface area contributed by atoms with Crippen molar-refractivity contribution in [3.05, 3.63) is 30.5 Å². The molecule has 0 N–H and O–H groups in total. The third kappa shape index (κ3) is 2.04. The second-order valence-corrected chi connectivity index (χ2v) is 4.57. The van der Waals surface area contributed by atoms with Crippen molar-refractivity contribution in [2.75, 3.05) is 13.4 Å². The lowest BCUT2D eigenvalue weighted by Gasteiger charge is -2.00. The summed E-state index contributed by atoms with van der Waals surface area (Å²) >= 11 is 1.49. The summed E-state index contributed by atoms with van der Waals surface area (Å²) in [4.78, 5) is 8.58. The Balaban J connectivity index is 2.20. The third-order valence-electron chi connectivity index (χ3n) is 2.74. The molecule has 1 aromatic carbocycles. The van der Waals surface area contributed by atoms with Crippen LogP contribution in [0.4, 0.5) is 0 Å². The molecule has 3 rings (SSSR count). The first-order chi connectivity index (χ1) is 9.33. The monoisotopic (exact) mass is 273 g/mol. The molecular formula is C13H11N3O2S. The van der Waals surface area contributed by atoms with E-state index in [9.17, 15) is 0 Å². The lowest BCUT2D eigenvalue weighted by molar-refractivity contribution is 0.393. The van der Waals surface area contributed by atoms with Crippen LogP contribution in [-0.4, -0.2) is 28.5 Å². The van der Waals surface area contributed by atoms with Crippen LogP contribution in [0, 0.1) is 0 Å². The van der Waals surface area contributed by atoms with Crippen LogP contribution in [0.3, 0.4) is 0 Å². The van der Waals surface area contributed by atoms with E-state index in [1.54, 1.807) is 13.3 Å². The summed E-state index contributed by atoms with van der Waals surface area (Å²) in [5.41, 5.74) is 2.07. The fourth-order valence-corrected chi connectivity index (χ4v) is 2.21. The SMILES string of the molecule is COc1cccc2c(-c3ccnc(SC)n3)noc12. The second-order valence-electron chi connectivity index (χ2n) is 3.80. The molecule has 0 radical (unpaired) electrons. The summed E-state index contributed by atoms with van der Waals surface area (Å²) < 4.78 is 10.6. The number of nitrogens with zero attached hydrogens (tertiary/aromatic N) is 3. The maximum absolute atomic E-state index is 5.36. The van der Waals surface area contributed by atoms with E-state index in [0.717, 1.165) is 11.1 Å². The molecule has 0 fully saturated rings. The highest BCUT2D eigenvalue weighted by Gasteiger charge is 2.15. The molecule has 3 aromatic rings. The Bertz CT molecular complexity index is 727. The highest BCUT2D eigenvalue weighted by atomic mass is 32.2. The molecule has 0 aliphatic rings. The van der Waals surface area contributed by atoms with Crippen molar-refractivity contribution < 1.29 is 9.26 Å². The maximum Gasteiger partial charge on any atom is 0.209 e. The average Bonchev–Trinajstić information content (AvgIpc) is 2.91. The van der Waals surface area contributed by atoms with Crippen LogP contribution in [0.5, 0.6) is 5.75 Å². The molecule has 0 spiro atoms. The number of rotatable bonds is 3. The molecule has 0 saturated heterocycles. The molecule has 6 heteroatoms. The van der Waals surface area contributed by atoms with E-state index < -0.39 is 0 Å². The van der Waals surface area contributed by atoms with Gasteiger partial charge < -0.3 is 9.26 Å². The van der Waals surface area contributed by atoms with E-state index in [-0.39, 0.29) is 0 Å². The topological polar surface area (TPSA) is 61.0 Å². The van der Waals surface area contributed by atoms with Crippen molar-refractivity contribution in [3.63, 3.8) is 0 Å². The molecule has 2 heterocycles. The summed E-state index contributed by atoms with van der Waals surface area (Å²) in [6, 6.07) is 7.49. The highest BCUT2D eigenvalue weighted by Crippen LogP contribution is 2.32. The number of ether oxygens (including phenoxy) is 1. The molecule has 96 valence electrons. The van der Waals surface area contributed by atoms with Crippen molar-refractivity contribution in [2.24, 2.45) is 0 Å². The van der Waals surface area contributed by atoms with Crippen LogP contribution < -0.4 is 4.74 Å². The molecule has 0 amide bonds. The zero-order chi connectivity index (χ0) is 13.2. The molecule has 0 aliphatic heterocycles. The number of thioether (sulfide) groups is 1. The lowest BCUT2D eigenvalue weighted by Crippen LogP contribution is -1.89. The van der Waals surface area contributed by atoms with E-state index >= 15 is 0 Å². The number of fused-ring (bicyclic) bond motifs is 1. The summed E-state index contributed by atoms with van der Waals surface area (Å²) in [6.07, 6.45) is 3.65. The van der Waals surface area contributed by atoms with E-state index in [4.69, 9.17) is 9.26 Å². The smallest absolute Gasteiger partial charge is 0.209 e. The molecule has 0 bridgehead atoms. The van der Waals surface area contributed by atoms with Crippen LogP contribution in [0.15, 0.2) is 40.1 Å². The van der Waals surface area contributed by atoms with Gasteiger partial charge in [0.1, 0.15) is 5.69 Å². The number of hydrogen-bond donors (Lipinski definition) is 0. The Kier molecular flexibility index (Phi) is 3.08. The normalized spacial score (nSPS) is 10.8. The Hall–Kier alpha value is -2.08. The number of benzene rings is 1. The largest absolute Gasteiger partial charge is 0.493 e. The fourth-order valence-electron chi connectivity index (χ4n) is 1.85. The number of aromatic nitrogens is 3. The summed E-state index contributed by atoms with van der Waals surface area (Å²) in [6.45, 7) is 0. The summed E-state index contributed by atoms with van der Waals surface area (Å²) in [7, 11) is 1.60. The second kappa shape index (κ2) is 4.89. The van der Waals surface area contributed by atoms with Gasteiger partial charge in [0.2, 0.25) is 5.58 Å². The van der Waals surface area contributed by atoms with Crippen LogP contribution in [-0.2, 0) is 0 Å². The summed E-state index contributed by atoms with van der Waals surface area (Å²) in [5.74, 6) is 0.662. The Morgan fingerprint density at radius 1 is 1.26 bits per heavy atom. The van der Waals surface area contributed by atoms with Gasteiger partial charge >= 0.3 is 0 Å². The maximum atomic E-state index is 5.36. The molecule has 0 aliphatic carbocycles. The van der Waals surface area contributed by atoms with Gasteiger partial charge in [-0.15, -0.1) is 0 Å². The van der Waals surface area contributed by atoms with E-state index in [1.807, 2.05) is 30.5 Å². The quantitative estimate of drug-likeness (QED) is 0.540. The van der Waals surface area contributed by atoms with E-state index in [1.165, 1.54) is 11.8 Å². The zero-order valence-electron chi connectivity index (χ0n) is 10.5. The first kappa shape index (κ1) is 12.0. The van der Waals surface area contributed by atoms with Gasteiger partial charge in [-0.2, -0.15) is 0 Å².